The lowest BCUT2D eigenvalue weighted by Crippen LogP contribution is -2.28. The minimum Gasteiger partial charge on any atom is -0.338 e. The van der Waals surface area contributed by atoms with Crippen LogP contribution in [0.1, 0.15) is 12.0 Å². The molecule has 1 aliphatic heterocycles. The molecule has 3 heterocycles. The number of carbonyl (C=O) groups excluding carboxylic acids is 2. The molecule has 4 rings (SSSR count). The number of anilines is 1. The van der Waals surface area contributed by atoms with Crippen LogP contribution in [0, 0.1) is 11.7 Å². The first kappa shape index (κ1) is 18.2. The van der Waals surface area contributed by atoms with E-state index < -0.39 is 5.92 Å². The van der Waals surface area contributed by atoms with Crippen molar-refractivity contribution in [3.8, 4) is 11.3 Å². The number of amides is 2. The van der Waals surface area contributed by atoms with Crippen molar-refractivity contribution in [3.63, 3.8) is 0 Å². The second kappa shape index (κ2) is 7.85. The first-order valence-electron chi connectivity index (χ1n) is 8.78. The average molecular weight is 396 g/mol. The Morgan fingerprint density at radius 3 is 2.82 bits per heavy atom. The van der Waals surface area contributed by atoms with Crippen LogP contribution in [0.25, 0.3) is 11.3 Å². The highest BCUT2D eigenvalue weighted by molar-refractivity contribution is 7.14. The summed E-state index contributed by atoms with van der Waals surface area (Å²) in [7, 11) is 0. The van der Waals surface area contributed by atoms with E-state index in [1.165, 1.54) is 17.4 Å². The van der Waals surface area contributed by atoms with E-state index in [0.29, 0.717) is 29.5 Å². The summed E-state index contributed by atoms with van der Waals surface area (Å²) in [6.07, 6.45) is 3.52. The third-order valence-electron chi connectivity index (χ3n) is 4.59. The van der Waals surface area contributed by atoms with E-state index in [-0.39, 0.29) is 24.1 Å². The molecule has 3 aromatic rings. The van der Waals surface area contributed by atoms with E-state index in [0.717, 1.165) is 5.56 Å². The van der Waals surface area contributed by atoms with E-state index in [1.54, 1.807) is 40.9 Å². The zero-order chi connectivity index (χ0) is 19.5. The highest BCUT2D eigenvalue weighted by atomic mass is 32.1. The van der Waals surface area contributed by atoms with Gasteiger partial charge < -0.3 is 10.2 Å². The van der Waals surface area contributed by atoms with Gasteiger partial charge in [-0.05, 0) is 29.8 Å². The summed E-state index contributed by atoms with van der Waals surface area (Å²) in [5.41, 5.74) is 1.83. The van der Waals surface area contributed by atoms with Gasteiger partial charge in [-0.3, -0.25) is 14.6 Å². The smallest absolute Gasteiger partial charge is 0.231 e. The molecule has 0 saturated carbocycles. The molecule has 0 spiro atoms. The molecule has 0 aliphatic carbocycles. The fourth-order valence-electron chi connectivity index (χ4n) is 3.14. The Morgan fingerprint density at radius 2 is 2.04 bits per heavy atom. The summed E-state index contributed by atoms with van der Waals surface area (Å²) in [5.74, 6) is -1.10. The van der Waals surface area contributed by atoms with Gasteiger partial charge in [0.05, 0.1) is 11.6 Å². The van der Waals surface area contributed by atoms with Gasteiger partial charge in [-0.1, -0.05) is 12.1 Å². The maximum Gasteiger partial charge on any atom is 0.231 e. The average Bonchev–Trinajstić information content (AvgIpc) is 3.30. The minimum absolute atomic E-state index is 0.0526. The highest BCUT2D eigenvalue weighted by Crippen LogP contribution is 2.28. The topological polar surface area (TPSA) is 75.2 Å². The second-order valence-corrected chi connectivity index (χ2v) is 7.40. The van der Waals surface area contributed by atoms with Gasteiger partial charge >= 0.3 is 0 Å². The van der Waals surface area contributed by atoms with Gasteiger partial charge in [-0.25, -0.2) is 9.37 Å². The van der Waals surface area contributed by atoms with E-state index in [1.807, 2.05) is 12.1 Å². The Balaban J connectivity index is 1.39. The molecule has 1 aliphatic rings. The molecule has 1 N–H and O–H groups in total. The molecular formula is C20H17FN4O2S. The SMILES string of the molecule is O=C(Nc1nc(-c2ccccc2F)cs1)[C@H]1CC(=O)N(Cc2ccncc2)C1. The van der Waals surface area contributed by atoms with Crippen LogP contribution >= 0.6 is 11.3 Å². The number of halogens is 1. The minimum atomic E-state index is -0.435. The third kappa shape index (κ3) is 3.91. The van der Waals surface area contributed by atoms with Crippen molar-refractivity contribution >= 4 is 28.3 Å². The Morgan fingerprint density at radius 1 is 1.25 bits per heavy atom. The van der Waals surface area contributed by atoms with Crippen molar-refractivity contribution < 1.29 is 14.0 Å². The number of nitrogens with zero attached hydrogens (tertiary/aromatic N) is 3. The van der Waals surface area contributed by atoms with E-state index in [9.17, 15) is 14.0 Å². The molecule has 2 aromatic heterocycles. The van der Waals surface area contributed by atoms with Crippen LogP contribution in [0.5, 0.6) is 0 Å². The number of nitrogens with one attached hydrogen (secondary N) is 1. The van der Waals surface area contributed by atoms with Crippen LogP contribution in [-0.2, 0) is 16.1 Å². The maximum atomic E-state index is 13.9. The van der Waals surface area contributed by atoms with Crippen molar-refractivity contribution in [2.75, 3.05) is 11.9 Å². The number of aromatic nitrogens is 2. The number of rotatable bonds is 5. The maximum absolute atomic E-state index is 13.9. The first-order valence-corrected chi connectivity index (χ1v) is 9.66. The van der Waals surface area contributed by atoms with Crippen molar-refractivity contribution in [1.82, 2.24) is 14.9 Å². The van der Waals surface area contributed by atoms with Crippen LogP contribution in [0.2, 0.25) is 0 Å². The molecule has 1 atom stereocenters. The summed E-state index contributed by atoms with van der Waals surface area (Å²) in [5, 5.41) is 4.85. The van der Waals surface area contributed by atoms with E-state index in [2.05, 4.69) is 15.3 Å². The quantitative estimate of drug-likeness (QED) is 0.718. The van der Waals surface area contributed by atoms with Gasteiger partial charge in [0, 0.05) is 42.8 Å². The Labute approximate surface area is 165 Å². The Hall–Kier alpha value is -3.13. The lowest BCUT2D eigenvalue weighted by molar-refractivity contribution is -0.128. The Kier molecular flexibility index (Phi) is 5.12. The number of benzene rings is 1. The largest absolute Gasteiger partial charge is 0.338 e. The van der Waals surface area contributed by atoms with Crippen LogP contribution in [0.4, 0.5) is 9.52 Å². The fraction of sp³-hybridized carbons (Fsp3) is 0.200. The van der Waals surface area contributed by atoms with Crippen LogP contribution in [0.15, 0.2) is 54.2 Å². The molecule has 1 saturated heterocycles. The van der Waals surface area contributed by atoms with E-state index >= 15 is 0 Å². The number of pyridine rings is 1. The fourth-order valence-corrected chi connectivity index (χ4v) is 3.85. The van der Waals surface area contributed by atoms with Gasteiger partial charge in [-0.15, -0.1) is 11.3 Å². The zero-order valence-corrected chi connectivity index (χ0v) is 15.7. The molecule has 6 nitrogen and oxygen atoms in total. The molecule has 0 radical (unpaired) electrons. The summed E-state index contributed by atoms with van der Waals surface area (Å²) >= 11 is 1.23. The molecule has 2 amide bonds. The van der Waals surface area contributed by atoms with Crippen LogP contribution in [-0.4, -0.2) is 33.2 Å². The van der Waals surface area contributed by atoms with Crippen molar-refractivity contribution in [2.45, 2.75) is 13.0 Å². The highest BCUT2D eigenvalue weighted by Gasteiger charge is 2.34. The predicted octanol–water partition coefficient (Wildman–Crippen LogP) is 3.33. The normalized spacial score (nSPS) is 16.4. The summed E-state index contributed by atoms with van der Waals surface area (Å²) in [4.78, 5) is 34.7. The number of hydrogen-bond donors (Lipinski definition) is 1. The van der Waals surface area contributed by atoms with Gasteiger partial charge in [0.25, 0.3) is 0 Å². The van der Waals surface area contributed by atoms with Crippen molar-refractivity contribution in [3.05, 3.63) is 65.6 Å². The standard InChI is InChI=1S/C20H17FN4O2S/c21-16-4-2-1-3-15(16)17-12-28-20(23-17)24-19(27)14-9-18(26)25(11-14)10-13-5-7-22-8-6-13/h1-8,12,14H,9-11H2,(H,23,24,27)/t14-/m0/s1. The number of hydrogen-bond acceptors (Lipinski definition) is 5. The predicted molar refractivity (Wildman–Crippen MR) is 104 cm³/mol. The third-order valence-corrected chi connectivity index (χ3v) is 5.35. The summed E-state index contributed by atoms with van der Waals surface area (Å²) in [6, 6.07) is 10.1. The molecule has 0 unspecified atom stereocenters. The van der Waals surface area contributed by atoms with Crippen molar-refractivity contribution in [1.29, 1.82) is 0 Å². The van der Waals surface area contributed by atoms with Gasteiger partial charge in [-0.2, -0.15) is 0 Å². The first-order chi connectivity index (χ1) is 13.6. The number of thiazole rings is 1. The molecule has 1 aromatic carbocycles. The summed E-state index contributed by atoms with van der Waals surface area (Å²) < 4.78 is 13.9. The lowest BCUT2D eigenvalue weighted by Gasteiger charge is -2.16. The molecule has 8 heteroatoms. The monoisotopic (exact) mass is 396 g/mol. The molecule has 28 heavy (non-hydrogen) atoms. The van der Waals surface area contributed by atoms with Crippen LogP contribution in [0.3, 0.4) is 0 Å². The van der Waals surface area contributed by atoms with Gasteiger partial charge in [0.2, 0.25) is 11.8 Å². The Bertz CT molecular complexity index is 1010. The molecular weight excluding hydrogens is 379 g/mol. The second-order valence-electron chi connectivity index (χ2n) is 6.54. The van der Waals surface area contributed by atoms with Crippen LogP contribution < -0.4 is 5.32 Å². The van der Waals surface area contributed by atoms with Crippen molar-refractivity contribution in [2.24, 2.45) is 5.92 Å². The number of carbonyl (C=O) groups is 2. The molecule has 0 bridgehead atoms. The zero-order valence-electron chi connectivity index (χ0n) is 14.8. The molecule has 1 fully saturated rings. The lowest BCUT2D eigenvalue weighted by atomic mass is 10.1. The van der Waals surface area contributed by atoms with Gasteiger partial charge in [0.15, 0.2) is 5.13 Å². The van der Waals surface area contributed by atoms with Gasteiger partial charge in [0.1, 0.15) is 5.82 Å². The summed E-state index contributed by atoms with van der Waals surface area (Å²) in [6.45, 7) is 0.818. The van der Waals surface area contributed by atoms with E-state index in [4.69, 9.17) is 0 Å². The molecule has 142 valence electrons. The number of likely N-dealkylation sites (tertiary alicyclic amines) is 1.